The lowest BCUT2D eigenvalue weighted by Gasteiger charge is -2.32. The Hall–Kier alpha value is -4.72. The van der Waals surface area contributed by atoms with Gasteiger partial charge in [0.25, 0.3) is 0 Å². The first-order valence-corrected chi connectivity index (χ1v) is 33.0. The molecule has 0 amide bonds. The Kier molecular flexibility index (Phi) is 29.7. The van der Waals surface area contributed by atoms with Crippen molar-refractivity contribution in [2.75, 3.05) is 0 Å². The lowest BCUT2D eigenvalue weighted by atomic mass is 9.72. The molecule has 1 aliphatic carbocycles. The summed E-state index contributed by atoms with van der Waals surface area (Å²) < 4.78 is 0. The van der Waals surface area contributed by atoms with E-state index in [0.29, 0.717) is 57.3 Å². The monoisotopic (exact) mass is 1100 g/mol. The summed E-state index contributed by atoms with van der Waals surface area (Å²) in [7, 11) is 0. The van der Waals surface area contributed by atoms with Crippen molar-refractivity contribution in [3.8, 4) is 46.0 Å². The van der Waals surface area contributed by atoms with Crippen molar-refractivity contribution < 1.29 is 40.9 Å². The number of aromatic hydroxyl groups is 8. The van der Waals surface area contributed by atoms with Crippen molar-refractivity contribution in [2.45, 2.75) is 296 Å². The zero-order valence-electron chi connectivity index (χ0n) is 51.1. The standard InChI is InChI=1S/C72H112O8/c1-7-11-15-19-23-25-29-33-37-41-53-55-43-56(64(74)47-63(55)73)54(42-38-34-30-26-24-20-16-12-8-2)58-45-60(68(78)49-66(58)76)72(52(6)40-36-32-28-22-18-14-10-4)62-46-61(69(79)50-70(62)80)71(59-44-57(53)65(75)48-67(59)77)51(5)39-35-31-27-21-17-13-9-3/h43-54,71-80H,7-42H2,1-6H3/t51?,52?,53-,54+,71-,72+. The van der Waals surface area contributed by atoms with Crippen LogP contribution in [0.2, 0.25) is 0 Å². The highest BCUT2D eigenvalue weighted by atomic mass is 16.3. The van der Waals surface area contributed by atoms with Gasteiger partial charge in [0, 0.05) is 92.4 Å². The second kappa shape index (κ2) is 36.0. The molecule has 6 atom stereocenters. The first-order chi connectivity index (χ1) is 38.8. The fourth-order valence-corrected chi connectivity index (χ4v) is 13.6. The van der Waals surface area contributed by atoms with Gasteiger partial charge in [0.15, 0.2) is 0 Å². The van der Waals surface area contributed by atoms with E-state index >= 15 is 0 Å². The van der Waals surface area contributed by atoms with Crippen molar-refractivity contribution in [3.05, 3.63) is 93.0 Å². The molecule has 4 aromatic carbocycles. The number of hydrogen-bond donors (Lipinski definition) is 8. The molecule has 8 heteroatoms. The number of benzene rings is 4. The highest BCUT2D eigenvalue weighted by Gasteiger charge is 2.36. The van der Waals surface area contributed by atoms with Crippen molar-refractivity contribution in [2.24, 2.45) is 11.8 Å². The van der Waals surface area contributed by atoms with Crippen LogP contribution in [0.5, 0.6) is 46.0 Å². The van der Waals surface area contributed by atoms with Crippen molar-refractivity contribution in [1.29, 1.82) is 0 Å². The van der Waals surface area contributed by atoms with E-state index < -0.39 is 23.7 Å². The molecule has 0 radical (unpaired) electrons. The van der Waals surface area contributed by atoms with Gasteiger partial charge in [0.05, 0.1) is 0 Å². The zero-order chi connectivity index (χ0) is 57.8. The van der Waals surface area contributed by atoms with Crippen molar-refractivity contribution >= 4 is 0 Å². The quantitative estimate of drug-likeness (QED) is 0.0206. The topological polar surface area (TPSA) is 162 Å². The van der Waals surface area contributed by atoms with Crippen molar-refractivity contribution in [1.82, 2.24) is 0 Å². The second-order valence-corrected chi connectivity index (χ2v) is 24.9. The number of rotatable bonds is 38. The van der Waals surface area contributed by atoms with Crippen LogP contribution >= 0.6 is 0 Å². The summed E-state index contributed by atoms with van der Waals surface area (Å²) in [6.45, 7) is 13.3. The van der Waals surface area contributed by atoms with Crippen LogP contribution < -0.4 is 0 Å². The number of phenolic OH excluding ortho intramolecular Hbond substituents is 8. The summed E-state index contributed by atoms with van der Waals surface area (Å²) in [4.78, 5) is 0. The summed E-state index contributed by atoms with van der Waals surface area (Å²) in [5.41, 5.74) is 4.40. The number of fused-ring (bicyclic) bond motifs is 8. The molecule has 0 saturated carbocycles. The van der Waals surface area contributed by atoms with E-state index in [2.05, 4.69) is 41.5 Å². The SMILES string of the molecule is CCCCCCCCCCC[C@@H]1c2cc(c(O)cc2O)[C@H](CCCCCCCCCCC)c2cc(c(O)cc2O)[C@H](C(C)CCCCCCCCC)c2cc(c(O)cc2O)[C@H](C(C)CCCCCCCCC)c2cc1c(O)cc2O. The molecule has 0 fully saturated rings. The highest BCUT2D eigenvalue weighted by molar-refractivity contribution is 5.62. The minimum Gasteiger partial charge on any atom is -0.508 e. The third kappa shape index (κ3) is 19.7. The predicted octanol–water partition coefficient (Wildman–Crippen LogP) is 21.6. The maximum Gasteiger partial charge on any atom is 0.123 e. The summed E-state index contributed by atoms with van der Waals surface area (Å²) in [5, 5.41) is 97.9. The van der Waals surface area contributed by atoms with Crippen molar-refractivity contribution in [3.63, 3.8) is 0 Å². The molecular formula is C72H112O8. The molecule has 0 aromatic heterocycles. The van der Waals surface area contributed by atoms with Crippen LogP contribution in [-0.2, 0) is 0 Å². The van der Waals surface area contributed by atoms with E-state index in [9.17, 15) is 40.9 Å². The first kappa shape index (κ1) is 66.1. The van der Waals surface area contributed by atoms with Gasteiger partial charge in [-0.25, -0.2) is 0 Å². The molecule has 8 bridgehead atoms. The first-order valence-electron chi connectivity index (χ1n) is 33.0. The molecule has 8 nitrogen and oxygen atoms in total. The minimum absolute atomic E-state index is 0.0938. The largest absolute Gasteiger partial charge is 0.508 e. The summed E-state index contributed by atoms with van der Waals surface area (Å²) in [6.07, 6.45) is 39.0. The van der Waals surface area contributed by atoms with Gasteiger partial charge in [-0.1, -0.05) is 247 Å². The molecule has 448 valence electrons. The van der Waals surface area contributed by atoms with E-state index in [1.165, 1.54) is 140 Å². The smallest absolute Gasteiger partial charge is 0.123 e. The van der Waals surface area contributed by atoms with Crippen LogP contribution in [0.3, 0.4) is 0 Å². The molecule has 1 aliphatic rings. The van der Waals surface area contributed by atoms with E-state index in [4.69, 9.17) is 0 Å². The fraction of sp³-hybridized carbons (Fsp3) is 0.667. The average Bonchev–Trinajstić information content (AvgIpc) is 3.42. The molecule has 0 heterocycles. The number of phenols is 8. The molecule has 5 rings (SSSR count). The highest BCUT2D eigenvalue weighted by Crippen LogP contribution is 2.54. The molecule has 4 aromatic rings. The van der Waals surface area contributed by atoms with Gasteiger partial charge in [-0.2, -0.15) is 0 Å². The maximum atomic E-state index is 12.3. The van der Waals surface area contributed by atoms with E-state index in [1.54, 1.807) is 0 Å². The average molecular weight is 1110 g/mol. The number of unbranched alkanes of at least 4 members (excludes halogenated alkanes) is 28. The minimum atomic E-state index is -0.581. The van der Waals surface area contributed by atoms with Gasteiger partial charge < -0.3 is 40.9 Å². The van der Waals surface area contributed by atoms with Crippen LogP contribution in [0, 0.1) is 11.8 Å². The Bertz CT molecular complexity index is 2230. The Morgan fingerprint density at radius 3 is 0.688 bits per heavy atom. The molecule has 0 spiro atoms. The molecule has 8 N–H and O–H groups in total. The van der Waals surface area contributed by atoms with Gasteiger partial charge in [-0.3, -0.25) is 0 Å². The third-order valence-electron chi connectivity index (χ3n) is 18.4. The lowest BCUT2D eigenvalue weighted by Crippen LogP contribution is -2.17. The molecule has 80 heavy (non-hydrogen) atoms. The molecule has 2 unspecified atom stereocenters. The Morgan fingerprint density at radius 1 is 0.250 bits per heavy atom. The van der Waals surface area contributed by atoms with E-state index in [-0.39, 0.29) is 57.8 Å². The van der Waals surface area contributed by atoms with Gasteiger partial charge >= 0.3 is 0 Å². The van der Waals surface area contributed by atoms with E-state index in [0.717, 1.165) is 103 Å². The van der Waals surface area contributed by atoms with Crippen LogP contribution in [0.25, 0.3) is 0 Å². The van der Waals surface area contributed by atoms with Crippen LogP contribution in [0.4, 0.5) is 0 Å². The summed E-state index contributed by atoms with van der Waals surface area (Å²) in [6, 6.07) is 13.3. The lowest BCUT2D eigenvalue weighted by molar-refractivity contribution is 0.385. The number of hydrogen-bond acceptors (Lipinski definition) is 8. The Balaban J connectivity index is 1.75. The van der Waals surface area contributed by atoms with Gasteiger partial charge in [0.1, 0.15) is 46.0 Å². The van der Waals surface area contributed by atoms with Crippen LogP contribution in [0.1, 0.15) is 341 Å². The Morgan fingerprint density at radius 2 is 0.438 bits per heavy atom. The van der Waals surface area contributed by atoms with Crippen LogP contribution in [-0.4, -0.2) is 40.9 Å². The predicted molar refractivity (Wildman–Crippen MR) is 334 cm³/mol. The Labute approximate surface area is 485 Å². The van der Waals surface area contributed by atoms with Gasteiger partial charge in [-0.15, -0.1) is 0 Å². The normalized spacial score (nSPS) is 17.0. The van der Waals surface area contributed by atoms with E-state index in [1.807, 2.05) is 24.3 Å². The second-order valence-electron chi connectivity index (χ2n) is 24.9. The zero-order valence-corrected chi connectivity index (χ0v) is 51.1. The van der Waals surface area contributed by atoms with Gasteiger partial charge in [-0.05, 0) is 61.8 Å². The summed E-state index contributed by atoms with van der Waals surface area (Å²) in [5.74, 6) is -3.25. The molecule has 0 aliphatic heterocycles. The summed E-state index contributed by atoms with van der Waals surface area (Å²) >= 11 is 0. The third-order valence-corrected chi connectivity index (χ3v) is 18.4. The van der Waals surface area contributed by atoms with Gasteiger partial charge in [0.2, 0.25) is 0 Å². The maximum absolute atomic E-state index is 12.3. The fourth-order valence-electron chi connectivity index (χ4n) is 13.6. The van der Waals surface area contributed by atoms with Crippen LogP contribution in [0.15, 0.2) is 48.5 Å². The molecule has 0 saturated heterocycles. The molecular weight excluding hydrogens is 993 g/mol.